The Hall–Kier alpha value is -0.870. The van der Waals surface area contributed by atoms with Crippen molar-refractivity contribution in [2.75, 3.05) is 18.0 Å². The molecule has 1 fully saturated rings. The highest BCUT2D eigenvalue weighted by atomic mass is 35.5. The smallest absolute Gasteiger partial charge is 0.150 e. The lowest BCUT2D eigenvalue weighted by atomic mass is 9.95. The van der Waals surface area contributed by atoms with Crippen LogP contribution in [0.25, 0.3) is 0 Å². The lowest BCUT2D eigenvalue weighted by Crippen LogP contribution is -2.57. The van der Waals surface area contributed by atoms with E-state index < -0.39 is 11.6 Å². The van der Waals surface area contributed by atoms with Gasteiger partial charge in [-0.1, -0.05) is 31.9 Å². The summed E-state index contributed by atoms with van der Waals surface area (Å²) in [7, 11) is 0. The molecule has 0 aliphatic carbocycles. The Morgan fingerprint density at radius 3 is 2.75 bits per heavy atom. The summed E-state index contributed by atoms with van der Waals surface area (Å²) >= 11 is 6.05. The van der Waals surface area contributed by atoms with E-state index in [9.17, 15) is 8.78 Å². The predicted molar refractivity (Wildman–Crippen MR) is 79.4 cm³/mol. The Balaban J connectivity index is 2.30. The molecule has 1 aromatic rings. The largest absolute Gasteiger partial charge is 0.362 e. The Morgan fingerprint density at radius 1 is 1.45 bits per heavy atom. The van der Waals surface area contributed by atoms with Crippen molar-refractivity contribution in [3.8, 4) is 0 Å². The van der Waals surface area contributed by atoms with Crippen molar-refractivity contribution < 1.29 is 8.78 Å². The van der Waals surface area contributed by atoms with Crippen LogP contribution >= 0.6 is 11.6 Å². The zero-order valence-corrected chi connectivity index (χ0v) is 12.8. The molecule has 0 bridgehead atoms. The standard InChI is InChI=1S/C15H21ClF2N2/c1-4-9(2)14-8-20(10(3)7-19-14)15-12(16)5-11(17)6-13(15)18/h5-6,9-10,14,19H,4,7-8H2,1-3H3. The number of benzene rings is 1. The predicted octanol–water partition coefficient (Wildman–Crippen LogP) is 3.83. The molecule has 0 saturated carbocycles. The van der Waals surface area contributed by atoms with Gasteiger partial charge in [0.25, 0.3) is 0 Å². The van der Waals surface area contributed by atoms with Crippen LogP contribution in [0.3, 0.4) is 0 Å². The van der Waals surface area contributed by atoms with Crippen LogP contribution < -0.4 is 10.2 Å². The van der Waals surface area contributed by atoms with Crippen LogP contribution in [-0.4, -0.2) is 25.2 Å². The van der Waals surface area contributed by atoms with E-state index >= 15 is 0 Å². The molecule has 1 aliphatic heterocycles. The lowest BCUT2D eigenvalue weighted by molar-refractivity contribution is 0.314. The van der Waals surface area contributed by atoms with Crippen molar-refractivity contribution >= 4 is 17.3 Å². The summed E-state index contributed by atoms with van der Waals surface area (Å²) in [5.41, 5.74) is 0.315. The summed E-state index contributed by atoms with van der Waals surface area (Å²) in [6, 6.07) is 2.48. The molecule has 1 N–H and O–H groups in total. The molecule has 0 amide bonds. The first kappa shape index (κ1) is 15.5. The first-order valence-corrected chi connectivity index (χ1v) is 7.46. The number of halogens is 3. The summed E-state index contributed by atoms with van der Waals surface area (Å²) in [6.07, 6.45) is 1.06. The van der Waals surface area contributed by atoms with Crippen LogP contribution in [0.4, 0.5) is 14.5 Å². The second-order valence-corrected chi connectivity index (χ2v) is 6.03. The van der Waals surface area contributed by atoms with Crippen molar-refractivity contribution in [3.05, 3.63) is 28.8 Å². The number of nitrogens with zero attached hydrogens (tertiary/aromatic N) is 1. The second-order valence-electron chi connectivity index (χ2n) is 5.62. The van der Waals surface area contributed by atoms with E-state index in [4.69, 9.17) is 11.6 Å². The molecule has 2 nitrogen and oxygen atoms in total. The normalized spacial score (nSPS) is 24.8. The number of piperazine rings is 1. The van der Waals surface area contributed by atoms with Gasteiger partial charge in [-0.3, -0.25) is 0 Å². The van der Waals surface area contributed by atoms with Crippen LogP contribution in [0, 0.1) is 17.6 Å². The topological polar surface area (TPSA) is 15.3 Å². The van der Waals surface area contributed by atoms with Crippen molar-refractivity contribution in [1.82, 2.24) is 5.32 Å². The maximum atomic E-state index is 14.1. The van der Waals surface area contributed by atoms with Crippen LogP contribution in [-0.2, 0) is 0 Å². The summed E-state index contributed by atoms with van der Waals surface area (Å²) < 4.78 is 27.3. The summed E-state index contributed by atoms with van der Waals surface area (Å²) in [6.45, 7) is 7.77. The number of hydrogen-bond donors (Lipinski definition) is 1. The Labute approximate surface area is 124 Å². The van der Waals surface area contributed by atoms with E-state index in [1.54, 1.807) is 0 Å². The van der Waals surface area contributed by atoms with Crippen LogP contribution in [0.15, 0.2) is 12.1 Å². The fourth-order valence-electron chi connectivity index (χ4n) is 2.67. The zero-order valence-electron chi connectivity index (χ0n) is 12.1. The minimum absolute atomic E-state index is 0.118. The lowest BCUT2D eigenvalue weighted by Gasteiger charge is -2.42. The van der Waals surface area contributed by atoms with Gasteiger partial charge in [0.2, 0.25) is 0 Å². The Bertz CT molecular complexity index is 458. The van der Waals surface area contributed by atoms with Crippen LogP contribution in [0.1, 0.15) is 27.2 Å². The number of anilines is 1. The quantitative estimate of drug-likeness (QED) is 0.913. The van der Waals surface area contributed by atoms with Gasteiger partial charge in [0.1, 0.15) is 5.82 Å². The molecule has 3 unspecified atom stereocenters. The molecular formula is C15H21ClF2N2. The van der Waals surface area contributed by atoms with Crippen molar-refractivity contribution in [1.29, 1.82) is 0 Å². The van der Waals surface area contributed by atoms with Crippen molar-refractivity contribution in [2.24, 2.45) is 5.92 Å². The highest BCUT2D eigenvalue weighted by Crippen LogP contribution is 2.33. The molecule has 0 spiro atoms. The minimum Gasteiger partial charge on any atom is -0.362 e. The first-order chi connectivity index (χ1) is 9.43. The zero-order chi connectivity index (χ0) is 14.9. The van der Waals surface area contributed by atoms with E-state index in [0.717, 1.165) is 19.0 Å². The van der Waals surface area contributed by atoms with Gasteiger partial charge in [0.05, 0.1) is 10.7 Å². The maximum Gasteiger partial charge on any atom is 0.150 e. The van der Waals surface area contributed by atoms with Gasteiger partial charge in [-0.2, -0.15) is 0 Å². The summed E-state index contributed by atoms with van der Waals surface area (Å²) in [5.74, 6) is -0.739. The molecule has 1 aliphatic rings. The third-order valence-electron chi connectivity index (χ3n) is 4.20. The third-order valence-corrected chi connectivity index (χ3v) is 4.49. The molecule has 3 atom stereocenters. The Kier molecular flexibility index (Phi) is 4.86. The van der Waals surface area contributed by atoms with Crippen LogP contribution in [0.5, 0.6) is 0 Å². The molecule has 5 heteroatoms. The highest BCUT2D eigenvalue weighted by molar-refractivity contribution is 6.33. The molecular weight excluding hydrogens is 282 g/mol. The van der Waals surface area contributed by atoms with Crippen LogP contribution in [0.2, 0.25) is 5.02 Å². The van der Waals surface area contributed by atoms with Gasteiger partial charge in [-0.05, 0) is 18.9 Å². The van der Waals surface area contributed by atoms with Crippen molar-refractivity contribution in [3.63, 3.8) is 0 Å². The van der Waals surface area contributed by atoms with Gasteiger partial charge in [0, 0.05) is 31.2 Å². The van der Waals surface area contributed by atoms with Gasteiger partial charge >= 0.3 is 0 Å². The number of rotatable bonds is 3. The van der Waals surface area contributed by atoms with Gasteiger partial charge in [-0.15, -0.1) is 0 Å². The molecule has 112 valence electrons. The fraction of sp³-hybridized carbons (Fsp3) is 0.600. The van der Waals surface area contributed by atoms with Gasteiger partial charge in [0.15, 0.2) is 5.82 Å². The molecule has 1 saturated heterocycles. The van der Waals surface area contributed by atoms with E-state index in [1.807, 2.05) is 11.8 Å². The molecule has 1 aromatic carbocycles. The number of hydrogen-bond acceptors (Lipinski definition) is 2. The van der Waals surface area contributed by atoms with E-state index in [2.05, 4.69) is 19.2 Å². The third kappa shape index (κ3) is 3.07. The minimum atomic E-state index is -0.641. The van der Waals surface area contributed by atoms with E-state index in [-0.39, 0.29) is 17.1 Å². The molecule has 0 aromatic heterocycles. The van der Waals surface area contributed by atoms with E-state index in [0.29, 0.717) is 18.2 Å². The maximum absolute atomic E-state index is 14.1. The summed E-state index contributed by atoms with van der Waals surface area (Å²) in [5, 5.41) is 3.63. The Morgan fingerprint density at radius 2 is 2.15 bits per heavy atom. The second kappa shape index (κ2) is 6.27. The van der Waals surface area contributed by atoms with Gasteiger partial charge < -0.3 is 10.2 Å². The average molecular weight is 303 g/mol. The molecule has 2 rings (SSSR count). The number of nitrogens with one attached hydrogen (secondary N) is 1. The fourth-order valence-corrected chi connectivity index (χ4v) is 2.98. The molecule has 1 heterocycles. The molecule has 20 heavy (non-hydrogen) atoms. The SMILES string of the molecule is CCC(C)C1CN(c2c(F)cc(F)cc2Cl)C(C)CN1. The van der Waals surface area contributed by atoms with Crippen molar-refractivity contribution in [2.45, 2.75) is 39.3 Å². The first-order valence-electron chi connectivity index (χ1n) is 7.08. The summed E-state index contributed by atoms with van der Waals surface area (Å²) in [4.78, 5) is 1.95. The van der Waals surface area contributed by atoms with Gasteiger partial charge in [-0.25, -0.2) is 8.78 Å². The highest BCUT2D eigenvalue weighted by Gasteiger charge is 2.30. The van der Waals surface area contributed by atoms with E-state index in [1.165, 1.54) is 6.07 Å². The molecule has 0 radical (unpaired) electrons. The average Bonchev–Trinajstić information content (AvgIpc) is 2.38. The monoisotopic (exact) mass is 302 g/mol.